The van der Waals surface area contributed by atoms with Crippen LogP contribution in [0.15, 0.2) is 35.1 Å². The number of furan rings is 1. The molecule has 0 saturated heterocycles. The van der Waals surface area contributed by atoms with Gasteiger partial charge in [0.1, 0.15) is 0 Å². The minimum atomic E-state index is 0.430. The van der Waals surface area contributed by atoms with Crippen LogP contribution in [0.4, 0.5) is 5.69 Å². The minimum Gasteiger partial charge on any atom is -0.472 e. The predicted molar refractivity (Wildman–Crippen MR) is 74.8 cm³/mol. The second kappa shape index (κ2) is 5.65. The first kappa shape index (κ1) is 13.3. The second-order valence-corrected chi connectivity index (χ2v) is 5.09. The van der Waals surface area contributed by atoms with Gasteiger partial charge >= 0.3 is 0 Å². The van der Waals surface area contributed by atoms with Gasteiger partial charge in [-0.15, -0.1) is 0 Å². The molecular weight excluding hydrogens is 271 g/mol. The molecule has 2 aromatic rings. The molecule has 3 nitrogen and oxygen atoms in total. The Labute approximate surface area is 116 Å². The molecule has 18 heavy (non-hydrogen) atoms. The van der Waals surface area contributed by atoms with E-state index in [0.29, 0.717) is 15.7 Å². The number of benzene rings is 1. The standard InChI is InChI=1S/C13H14Cl2N2O/c1-17(6-9-2-3-18-8-9)7-10-4-11(14)13(16)12(15)5-10/h2-5,8H,6-7,16H2,1H3. The Morgan fingerprint density at radius 1 is 1.17 bits per heavy atom. The average molecular weight is 285 g/mol. The first-order chi connectivity index (χ1) is 8.56. The maximum Gasteiger partial charge on any atom is 0.0947 e. The summed E-state index contributed by atoms with van der Waals surface area (Å²) in [5, 5.41) is 0.989. The molecule has 0 spiro atoms. The van der Waals surface area contributed by atoms with Gasteiger partial charge in [0.25, 0.3) is 0 Å². The van der Waals surface area contributed by atoms with Gasteiger partial charge in [0.15, 0.2) is 0 Å². The first-order valence-electron chi connectivity index (χ1n) is 5.49. The van der Waals surface area contributed by atoms with Crippen molar-refractivity contribution in [1.29, 1.82) is 0 Å². The molecule has 2 N–H and O–H groups in total. The molecule has 0 bridgehead atoms. The Kier molecular flexibility index (Phi) is 4.17. The molecule has 0 amide bonds. The lowest BCUT2D eigenvalue weighted by Crippen LogP contribution is -2.16. The fourth-order valence-corrected chi connectivity index (χ4v) is 2.32. The molecule has 0 radical (unpaired) electrons. The Hall–Kier alpha value is -1.16. The van der Waals surface area contributed by atoms with E-state index in [9.17, 15) is 0 Å². The van der Waals surface area contributed by atoms with E-state index in [1.54, 1.807) is 12.5 Å². The van der Waals surface area contributed by atoms with E-state index in [4.69, 9.17) is 33.4 Å². The number of halogens is 2. The van der Waals surface area contributed by atoms with Crippen molar-refractivity contribution in [1.82, 2.24) is 4.90 Å². The van der Waals surface area contributed by atoms with Crippen LogP contribution in [0, 0.1) is 0 Å². The van der Waals surface area contributed by atoms with Crippen LogP contribution >= 0.6 is 23.2 Å². The van der Waals surface area contributed by atoms with Crippen LogP contribution in [0.2, 0.25) is 10.0 Å². The largest absolute Gasteiger partial charge is 0.472 e. The van der Waals surface area contributed by atoms with E-state index < -0.39 is 0 Å². The van der Waals surface area contributed by atoms with Gasteiger partial charge in [-0.25, -0.2) is 0 Å². The fourth-order valence-electron chi connectivity index (χ4n) is 1.79. The molecule has 1 aromatic carbocycles. The van der Waals surface area contributed by atoms with Crippen LogP contribution in [0.25, 0.3) is 0 Å². The third-order valence-corrected chi connectivity index (χ3v) is 3.25. The Bertz CT molecular complexity index is 503. The minimum absolute atomic E-state index is 0.430. The highest BCUT2D eigenvalue weighted by molar-refractivity contribution is 6.38. The molecule has 0 aliphatic carbocycles. The molecule has 1 heterocycles. The lowest BCUT2D eigenvalue weighted by molar-refractivity contribution is 0.318. The van der Waals surface area contributed by atoms with Gasteiger partial charge in [-0.3, -0.25) is 4.90 Å². The quantitative estimate of drug-likeness (QED) is 0.869. The summed E-state index contributed by atoms with van der Waals surface area (Å²) in [7, 11) is 2.02. The SMILES string of the molecule is CN(Cc1ccoc1)Cc1cc(Cl)c(N)c(Cl)c1. The van der Waals surface area contributed by atoms with Crippen LogP contribution in [0.1, 0.15) is 11.1 Å². The molecule has 5 heteroatoms. The average Bonchev–Trinajstić information content (AvgIpc) is 2.78. The number of anilines is 1. The van der Waals surface area contributed by atoms with Crippen molar-refractivity contribution in [3.05, 3.63) is 51.9 Å². The molecule has 0 fully saturated rings. The van der Waals surface area contributed by atoms with Gasteiger partial charge in [-0.05, 0) is 30.8 Å². The zero-order chi connectivity index (χ0) is 13.1. The zero-order valence-electron chi connectivity index (χ0n) is 9.99. The fraction of sp³-hybridized carbons (Fsp3) is 0.231. The molecule has 96 valence electrons. The van der Waals surface area contributed by atoms with Crippen molar-refractivity contribution < 1.29 is 4.42 Å². The number of hydrogen-bond donors (Lipinski definition) is 1. The number of nitrogens with zero attached hydrogens (tertiary/aromatic N) is 1. The van der Waals surface area contributed by atoms with Crippen molar-refractivity contribution in [3.8, 4) is 0 Å². The number of rotatable bonds is 4. The number of nitrogen functional groups attached to an aromatic ring is 1. The summed E-state index contributed by atoms with van der Waals surface area (Å²) in [5.41, 5.74) is 8.29. The molecule has 0 aliphatic rings. The Morgan fingerprint density at radius 2 is 1.78 bits per heavy atom. The summed E-state index contributed by atoms with van der Waals surface area (Å²) in [6, 6.07) is 5.63. The van der Waals surface area contributed by atoms with E-state index >= 15 is 0 Å². The molecule has 2 rings (SSSR count). The molecule has 0 atom stereocenters. The van der Waals surface area contributed by atoms with Crippen molar-refractivity contribution in [2.45, 2.75) is 13.1 Å². The summed E-state index contributed by atoms with van der Waals surface area (Å²) >= 11 is 12.0. The van der Waals surface area contributed by atoms with Gasteiger partial charge in [-0.2, -0.15) is 0 Å². The second-order valence-electron chi connectivity index (χ2n) is 4.28. The number of nitrogens with two attached hydrogens (primary N) is 1. The van der Waals surface area contributed by atoms with Crippen LogP contribution in [-0.4, -0.2) is 11.9 Å². The molecule has 0 saturated carbocycles. The maximum atomic E-state index is 6.00. The Morgan fingerprint density at radius 3 is 2.33 bits per heavy atom. The van der Waals surface area contributed by atoms with Gasteiger partial charge in [0.2, 0.25) is 0 Å². The third-order valence-electron chi connectivity index (χ3n) is 2.62. The van der Waals surface area contributed by atoms with Crippen molar-refractivity contribution in [2.75, 3.05) is 12.8 Å². The van der Waals surface area contributed by atoms with Gasteiger partial charge in [-0.1, -0.05) is 23.2 Å². The lowest BCUT2D eigenvalue weighted by Gasteiger charge is -2.16. The van der Waals surface area contributed by atoms with Crippen molar-refractivity contribution >= 4 is 28.9 Å². The molecular formula is C13H14Cl2N2O. The highest BCUT2D eigenvalue weighted by Gasteiger charge is 2.08. The van der Waals surface area contributed by atoms with E-state index in [1.807, 2.05) is 25.2 Å². The summed E-state index contributed by atoms with van der Waals surface area (Å²) in [4.78, 5) is 2.14. The Balaban J connectivity index is 2.05. The van der Waals surface area contributed by atoms with Crippen molar-refractivity contribution in [2.24, 2.45) is 0 Å². The highest BCUT2D eigenvalue weighted by Crippen LogP contribution is 2.29. The van der Waals surface area contributed by atoms with Gasteiger partial charge < -0.3 is 10.2 Å². The third kappa shape index (κ3) is 3.19. The van der Waals surface area contributed by atoms with E-state index in [1.165, 1.54) is 0 Å². The summed E-state index contributed by atoms with van der Waals surface area (Å²) in [6.45, 7) is 1.54. The van der Waals surface area contributed by atoms with E-state index in [-0.39, 0.29) is 0 Å². The summed E-state index contributed by atoms with van der Waals surface area (Å²) < 4.78 is 5.03. The van der Waals surface area contributed by atoms with Crippen LogP contribution in [0.3, 0.4) is 0 Å². The van der Waals surface area contributed by atoms with Crippen LogP contribution in [-0.2, 0) is 13.1 Å². The molecule has 1 aromatic heterocycles. The van der Waals surface area contributed by atoms with E-state index in [0.717, 1.165) is 24.2 Å². The number of hydrogen-bond acceptors (Lipinski definition) is 3. The summed E-state index contributed by atoms with van der Waals surface area (Å²) in [6.07, 6.45) is 3.40. The topological polar surface area (TPSA) is 42.4 Å². The normalized spacial score (nSPS) is 11.1. The van der Waals surface area contributed by atoms with E-state index in [2.05, 4.69) is 4.90 Å². The zero-order valence-corrected chi connectivity index (χ0v) is 11.5. The monoisotopic (exact) mass is 284 g/mol. The molecule has 0 aliphatic heterocycles. The van der Waals surface area contributed by atoms with Crippen LogP contribution in [0.5, 0.6) is 0 Å². The van der Waals surface area contributed by atoms with Gasteiger partial charge in [0.05, 0.1) is 28.3 Å². The smallest absolute Gasteiger partial charge is 0.0947 e. The lowest BCUT2D eigenvalue weighted by atomic mass is 10.2. The van der Waals surface area contributed by atoms with Gasteiger partial charge in [0, 0.05) is 18.7 Å². The maximum absolute atomic E-state index is 6.00. The van der Waals surface area contributed by atoms with Crippen LogP contribution < -0.4 is 5.73 Å². The molecule has 0 unspecified atom stereocenters. The predicted octanol–water partition coefficient (Wildman–Crippen LogP) is 3.80. The summed E-state index contributed by atoms with van der Waals surface area (Å²) in [5.74, 6) is 0. The first-order valence-corrected chi connectivity index (χ1v) is 6.25. The van der Waals surface area contributed by atoms with Crippen molar-refractivity contribution in [3.63, 3.8) is 0 Å². The highest BCUT2D eigenvalue weighted by atomic mass is 35.5.